The maximum absolute atomic E-state index is 5.82. The van der Waals surface area contributed by atoms with Crippen LogP contribution in [-0.4, -0.2) is 22.0 Å². The minimum absolute atomic E-state index is 0.0908. The minimum Gasteiger partial charge on any atom is -0.424 e. The number of ether oxygens (including phenoxy) is 1. The van der Waals surface area contributed by atoms with Crippen molar-refractivity contribution in [2.45, 2.75) is 32.6 Å². The summed E-state index contributed by atoms with van der Waals surface area (Å²) < 4.78 is 5.62. The average molecular weight is 307 g/mol. The van der Waals surface area contributed by atoms with Crippen LogP contribution in [0.3, 0.4) is 0 Å². The number of nitrogens with one attached hydrogen (secondary N) is 1. The van der Waals surface area contributed by atoms with Crippen molar-refractivity contribution < 1.29 is 4.74 Å². The predicted octanol–water partition coefficient (Wildman–Crippen LogP) is 4.05. The van der Waals surface area contributed by atoms with Crippen molar-refractivity contribution in [3.05, 3.63) is 35.1 Å². The quantitative estimate of drug-likeness (QED) is 0.903. The molecule has 0 aliphatic heterocycles. The number of anilines is 1. The fraction of sp³-hybridized carbons (Fsp3) is 0.400. The largest absolute Gasteiger partial charge is 0.424 e. The van der Waals surface area contributed by atoms with Gasteiger partial charge in [0.15, 0.2) is 0 Å². The number of halogens is 1. The maximum Gasteiger partial charge on any atom is 0.328 e. The van der Waals surface area contributed by atoms with E-state index in [-0.39, 0.29) is 16.7 Å². The van der Waals surface area contributed by atoms with Crippen molar-refractivity contribution in [1.29, 1.82) is 0 Å². The molecule has 0 aliphatic rings. The highest BCUT2D eigenvalue weighted by Gasteiger charge is 2.17. The van der Waals surface area contributed by atoms with Crippen molar-refractivity contribution in [2.75, 3.05) is 12.4 Å². The smallest absolute Gasteiger partial charge is 0.328 e. The number of aromatic nitrogens is 3. The van der Waals surface area contributed by atoms with Gasteiger partial charge in [-0.1, -0.05) is 32.9 Å². The molecule has 2 aromatic rings. The highest BCUT2D eigenvalue weighted by atomic mass is 35.5. The first-order chi connectivity index (χ1) is 9.94. The molecule has 112 valence electrons. The molecule has 5 nitrogen and oxygen atoms in total. The Morgan fingerprint density at radius 2 is 1.81 bits per heavy atom. The molecule has 0 saturated carbocycles. The summed E-state index contributed by atoms with van der Waals surface area (Å²) in [4.78, 5) is 11.9. The van der Waals surface area contributed by atoms with Crippen molar-refractivity contribution >= 4 is 17.5 Å². The molecular weight excluding hydrogens is 288 g/mol. The van der Waals surface area contributed by atoms with E-state index in [0.717, 1.165) is 6.42 Å². The van der Waals surface area contributed by atoms with Crippen LogP contribution in [0.4, 0.5) is 5.95 Å². The highest BCUT2D eigenvalue weighted by molar-refractivity contribution is 6.28. The van der Waals surface area contributed by atoms with E-state index in [1.54, 1.807) is 7.05 Å². The topological polar surface area (TPSA) is 59.9 Å². The Morgan fingerprint density at radius 1 is 1.14 bits per heavy atom. The molecule has 1 aromatic carbocycles. The van der Waals surface area contributed by atoms with Crippen LogP contribution in [0.2, 0.25) is 5.28 Å². The second kappa shape index (κ2) is 6.26. The average Bonchev–Trinajstić information content (AvgIpc) is 2.47. The Labute approximate surface area is 129 Å². The molecule has 1 heterocycles. The molecule has 1 aromatic heterocycles. The van der Waals surface area contributed by atoms with Gasteiger partial charge in [0.2, 0.25) is 11.2 Å². The molecule has 0 amide bonds. The fourth-order valence-electron chi connectivity index (χ4n) is 1.77. The van der Waals surface area contributed by atoms with Crippen molar-refractivity contribution in [3.8, 4) is 11.8 Å². The zero-order valence-electron chi connectivity index (χ0n) is 12.6. The number of rotatable bonds is 5. The Bertz CT molecular complexity index is 614. The normalized spacial score (nSPS) is 11.3. The molecule has 6 heteroatoms. The first kappa shape index (κ1) is 15.5. The zero-order chi connectivity index (χ0) is 15.5. The number of hydrogen-bond acceptors (Lipinski definition) is 5. The molecule has 1 N–H and O–H groups in total. The van der Waals surface area contributed by atoms with E-state index in [2.05, 4.69) is 53.2 Å². The van der Waals surface area contributed by atoms with E-state index < -0.39 is 0 Å². The summed E-state index contributed by atoms with van der Waals surface area (Å²) in [6.07, 6.45) is 1.07. The lowest BCUT2D eigenvalue weighted by atomic mass is 9.82. The monoisotopic (exact) mass is 306 g/mol. The summed E-state index contributed by atoms with van der Waals surface area (Å²) in [6.45, 7) is 6.61. The van der Waals surface area contributed by atoms with E-state index in [1.807, 2.05) is 12.1 Å². The van der Waals surface area contributed by atoms with Crippen LogP contribution >= 0.6 is 11.6 Å². The second-order valence-corrected chi connectivity index (χ2v) is 5.66. The van der Waals surface area contributed by atoms with Gasteiger partial charge in [-0.15, -0.1) is 0 Å². The molecule has 2 rings (SSSR count). The molecular formula is C15H19ClN4O. The lowest BCUT2D eigenvalue weighted by Crippen LogP contribution is -2.14. The van der Waals surface area contributed by atoms with Crippen molar-refractivity contribution in [2.24, 2.45) is 0 Å². The van der Waals surface area contributed by atoms with E-state index in [1.165, 1.54) is 5.56 Å². The third-order valence-electron chi connectivity index (χ3n) is 3.54. The zero-order valence-corrected chi connectivity index (χ0v) is 13.4. The molecule has 0 saturated heterocycles. The molecule has 0 radical (unpaired) electrons. The third-order valence-corrected chi connectivity index (χ3v) is 3.71. The number of hydrogen-bond donors (Lipinski definition) is 1. The van der Waals surface area contributed by atoms with Gasteiger partial charge in [0.05, 0.1) is 0 Å². The van der Waals surface area contributed by atoms with Crippen LogP contribution in [0.1, 0.15) is 32.8 Å². The standard InChI is InChI=1S/C15H19ClN4O/c1-5-15(2,3)10-6-8-11(9-7-10)21-14-19-12(16)18-13(17-4)20-14/h6-9H,5H2,1-4H3,(H,17,18,19,20). The molecule has 0 unspecified atom stereocenters. The van der Waals surface area contributed by atoms with Gasteiger partial charge in [0.1, 0.15) is 5.75 Å². The lowest BCUT2D eigenvalue weighted by molar-refractivity contribution is 0.439. The molecule has 0 bridgehead atoms. The Morgan fingerprint density at radius 3 is 2.38 bits per heavy atom. The first-order valence-electron chi connectivity index (χ1n) is 6.82. The second-order valence-electron chi connectivity index (χ2n) is 5.32. The van der Waals surface area contributed by atoms with Crippen molar-refractivity contribution in [1.82, 2.24) is 15.0 Å². The summed E-state index contributed by atoms with van der Waals surface area (Å²) in [5, 5.41) is 2.89. The summed E-state index contributed by atoms with van der Waals surface area (Å²) >= 11 is 5.82. The van der Waals surface area contributed by atoms with Gasteiger partial charge in [0, 0.05) is 7.05 Å². The lowest BCUT2D eigenvalue weighted by Gasteiger charge is -2.23. The predicted molar refractivity (Wildman–Crippen MR) is 84.2 cm³/mol. The van der Waals surface area contributed by atoms with E-state index in [9.17, 15) is 0 Å². The first-order valence-corrected chi connectivity index (χ1v) is 7.20. The van der Waals surface area contributed by atoms with Gasteiger partial charge < -0.3 is 10.1 Å². The van der Waals surface area contributed by atoms with Gasteiger partial charge in [-0.05, 0) is 41.1 Å². The van der Waals surface area contributed by atoms with E-state index >= 15 is 0 Å². The molecule has 0 fully saturated rings. The Balaban J connectivity index is 2.19. The van der Waals surface area contributed by atoms with Gasteiger partial charge in [-0.3, -0.25) is 0 Å². The minimum atomic E-state index is 0.0908. The van der Waals surface area contributed by atoms with Crippen LogP contribution in [0.15, 0.2) is 24.3 Å². The SMILES string of the molecule is CCC(C)(C)c1ccc(Oc2nc(Cl)nc(NC)n2)cc1. The number of nitrogens with zero attached hydrogens (tertiary/aromatic N) is 3. The summed E-state index contributed by atoms with van der Waals surface area (Å²) in [5.41, 5.74) is 1.41. The fourth-order valence-corrected chi connectivity index (χ4v) is 1.93. The summed E-state index contributed by atoms with van der Waals surface area (Å²) in [5.74, 6) is 1.03. The van der Waals surface area contributed by atoms with Crippen LogP contribution < -0.4 is 10.1 Å². The molecule has 21 heavy (non-hydrogen) atoms. The summed E-state index contributed by atoms with van der Waals surface area (Å²) in [7, 11) is 1.71. The van der Waals surface area contributed by atoms with Gasteiger partial charge >= 0.3 is 6.01 Å². The molecule has 0 spiro atoms. The molecule has 0 atom stereocenters. The van der Waals surface area contributed by atoms with Crippen molar-refractivity contribution in [3.63, 3.8) is 0 Å². The van der Waals surface area contributed by atoms with Crippen LogP contribution in [0.25, 0.3) is 0 Å². The Hall–Kier alpha value is -1.88. The van der Waals surface area contributed by atoms with E-state index in [4.69, 9.17) is 16.3 Å². The van der Waals surface area contributed by atoms with E-state index in [0.29, 0.717) is 11.7 Å². The van der Waals surface area contributed by atoms with Crippen LogP contribution in [0.5, 0.6) is 11.8 Å². The van der Waals surface area contributed by atoms with Crippen LogP contribution in [0, 0.1) is 0 Å². The summed E-state index contributed by atoms with van der Waals surface area (Å²) in [6, 6.07) is 8.09. The maximum atomic E-state index is 5.82. The third kappa shape index (κ3) is 3.82. The molecule has 0 aliphatic carbocycles. The van der Waals surface area contributed by atoms with Gasteiger partial charge in [0.25, 0.3) is 0 Å². The van der Waals surface area contributed by atoms with Gasteiger partial charge in [-0.2, -0.15) is 15.0 Å². The van der Waals surface area contributed by atoms with Crippen LogP contribution in [-0.2, 0) is 5.41 Å². The number of benzene rings is 1. The Kier molecular flexibility index (Phi) is 4.63. The highest BCUT2D eigenvalue weighted by Crippen LogP contribution is 2.29. The van der Waals surface area contributed by atoms with Gasteiger partial charge in [-0.25, -0.2) is 0 Å².